The molecule has 5 heteroatoms. The van der Waals surface area contributed by atoms with Crippen LogP contribution in [-0.4, -0.2) is 54.1 Å². The molecule has 0 spiro atoms. The summed E-state index contributed by atoms with van der Waals surface area (Å²) in [5.41, 5.74) is 0. The van der Waals surface area contributed by atoms with Crippen molar-refractivity contribution in [1.82, 2.24) is 14.9 Å². The molecule has 18 heavy (non-hydrogen) atoms. The molecule has 1 N–H and O–H groups in total. The van der Waals surface area contributed by atoms with E-state index in [9.17, 15) is 0 Å². The Hall–Kier alpha value is -1.36. The summed E-state index contributed by atoms with van der Waals surface area (Å²) >= 11 is 0. The fourth-order valence-electron chi connectivity index (χ4n) is 2.26. The molecule has 5 nitrogen and oxygen atoms in total. The minimum Gasteiger partial charge on any atom is -0.367 e. The third-order valence-corrected chi connectivity index (χ3v) is 3.58. The van der Waals surface area contributed by atoms with E-state index in [1.54, 1.807) is 0 Å². The first kappa shape index (κ1) is 11.7. The third-order valence-electron chi connectivity index (χ3n) is 3.58. The lowest BCUT2D eigenvalue weighted by Gasteiger charge is -2.33. The molecular formula is C13H21N5. The largest absolute Gasteiger partial charge is 0.367 e. The second kappa shape index (κ2) is 4.72. The standard InChI is InChI=1S/C13H21N5/c1-10-14-12(16-11-3-4-11)9-13(15-10)18-7-5-17(2)6-8-18/h9,11H,3-8H2,1-2H3,(H,14,15,16). The van der Waals surface area contributed by atoms with Gasteiger partial charge in [0.25, 0.3) is 0 Å². The highest BCUT2D eigenvalue weighted by atomic mass is 15.3. The normalized spacial score (nSPS) is 21.1. The van der Waals surface area contributed by atoms with E-state index in [4.69, 9.17) is 0 Å². The molecule has 0 unspecified atom stereocenters. The molecule has 1 aliphatic carbocycles. The van der Waals surface area contributed by atoms with Crippen molar-refractivity contribution >= 4 is 11.6 Å². The van der Waals surface area contributed by atoms with Crippen molar-refractivity contribution in [3.63, 3.8) is 0 Å². The molecule has 0 atom stereocenters. The second-order valence-electron chi connectivity index (χ2n) is 5.37. The highest BCUT2D eigenvalue weighted by molar-refractivity contribution is 5.50. The number of aromatic nitrogens is 2. The van der Waals surface area contributed by atoms with Crippen LogP contribution in [0.4, 0.5) is 11.6 Å². The van der Waals surface area contributed by atoms with Crippen LogP contribution < -0.4 is 10.2 Å². The van der Waals surface area contributed by atoms with Gasteiger partial charge < -0.3 is 15.1 Å². The number of anilines is 2. The summed E-state index contributed by atoms with van der Waals surface area (Å²) in [4.78, 5) is 13.7. The van der Waals surface area contributed by atoms with E-state index in [2.05, 4.69) is 38.2 Å². The van der Waals surface area contributed by atoms with Gasteiger partial charge in [0.15, 0.2) is 0 Å². The number of rotatable bonds is 3. The van der Waals surface area contributed by atoms with Crippen LogP contribution in [0.25, 0.3) is 0 Å². The third kappa shape index (κ3) is 2.72. The van der Waals surface area contributed by atoms with Gasteiger partial charge >= 0.3 is 0 Å². The van der Waals surface area contributed by atoms with Crippen LogP contribution in [0.1, 0.15) is 18.7 Å². The topological polar surface area (TPSA) is 44.3 Å². The lowest BCUT2D eigenvalue weighted by Crippen LogP contribution is -2.44. The minimum atomic E-state index is 0.639. The lowest BCUT2D eigenvalue weighted by atomic mass is 10.3. The fraction of sp³-hybridized carbons (Fsp3) is 0.692. The van der Waals surface area contributed by atoms with Crippen LogP contribution in [0.2, 0.25) is 0 Å². The Morgan fingerprint density at radius 3 is 2.56 bits per heavy atom. The molecule has 3 rings (SSSR count). The van der Waals surface area contributed by atoms with Crippen LogP contribution in [-0.2, 0) is 0 Å². The molecule has 0 amide bonds. The predicted octanol–water partition coefficient (Wildman–Crippen LogP) is 1.11. The van der Waals surface area contributed by atoms with Crippen molar-refractivity contribution in [2.45, 2.75) is 25.8 Å². The Bertz CT molecular complexity index is 421. The Kier molecular flexibility index (Phi) is 3.07. The van der Waals surface area contributed by atoms with E-state index >= 15 is 0 Å². The summed E-state index contributed by atoms with van der Waals surface area (Å²) in [6.07, 6.45) is 2.54. The molecule has 1 aliphatic heterocycles. The number of nitrogens with one attached hydrogen (secondary N) is 1. The lowest BCUT2D eigenvalue weighted by molar-refractivity contribution is 0.312. The zero-order valence-corrected chi connectivity index (χ0v) is 11.2. The first-order valence-electron chi connectivity index (χ1n) is 6.76. The van der Waals surface area contributed by atoms with Gasteiger partial charge in [0.1, 0.15) is 17.5 Å². The van der Waals surface area contributed by atoms with Gasteiger partial charge in [-0.25, -0.2) is 9.97 Å². The Morgan fingerprint density at radius 2 is 1.89 bits per heavy atom. The molecular weight excluding hydrogens is 226 g/mol. The van der Waals surface area contributed by atoms with Gasteiger partial charge in [-0.1, -0.05) is 0 Å². The zero-order valence-electron chi connectivity index (χ0n) is 11.2. The van der Waals surface area contributed by atoms with Gasteiger partial charge in [-0.2, -0.15) is 0 Å². The average molecular weight is 247 g/mol. The van der Waals surface area contributed by atoms with E-state index in [-0.39, 0.29) is 0 Å². The molecule has 0 bridgehead atoms. The molecule has 1 saturated carbocycles. The van der Waals surface area contributed by atoms with Gasteiger partial charge in [0.2, 0.25) is 0 Å². The summed E-state index contributed by atoms with van der Waals surface area (Å²) < 4.78 is 0. The molecule has 1 saturated heterocycles. The van der Waals surface area contributed by atoms with Crippen molar-refractivity contribution in [3.05, 3.63) is 11.9 Å². The van der Waals surface area contributed by atoms with Gasteiger partial charge in [-0.15, -0.1) is 0 Å². The predicted molar refractivity (Wildman–Crippen MR) is 73.1 cm³/mol. The van der Waals surface area contributed by atoms with E-state index in [0.29, 0.717) is 6.04 Å². The van der Waals surface area contributed by atoms with Crippen molar-refractivity contribution in [3.8, 4) is 0 Å². The van der Waals surface area contributed by atoms with Crippen molar-refractivity contribution in [2.24, 2.45) is 0 Å². The first-order chi connectivity index (χ1) is 8.70. The molecule has 98 valence electrons. The molecule has 2 fully saturated rings. The van der Waals surface area contributed by atoms with Gasteiger partial charge in [-0.3, -0.25) is 0 Å². The van der Waals surface area contributed by atoms with Crippen LogP contribution in [0.5, 0.6) is 0 Å². The fourth-order valence-corrected chi connectivity index (χ4v) is 2.26. The maximum absolute atomic E-state index is 4.57. The number of piperazine rings is 1. The quantitative estimate of drug-likeness (QED) is 0.867. The van der Waals surface area contributed by atoms with Gasteiger partial charge in [0, 0.05) is 38.3 Å². The summed E-state index contributed by atoms with van der Waals surface area (Å²) in [5.74, 6) is 2.91. The summed E-state index contributed by atoms with van der Waals surface area (Å²) in [6.45, 7) is 6.28. The zero-order chi connectivity index (χ0) is 12.5. The van der Waals surface area contributed by atoms with E-state index < -0.39 is 0 Å². The molecule has 2 heterocycles. The monoisotopic (exact) mass is 247 g/mol. The SMILES string of the molecule is Cc1nc(NC2CC2)cc(N2CCN(C)CC2)n1. The van der Waals surface area contributed by atoms with Crippen molar-refractivity contribution in [1.29, 1.82) is 0 Å². The first-order valence-corrected chi connectivity index (χ1v) is 6.76. The van der Waals surface area contributed by atoms with Crippen molar-refractivity contribution < 1.29 is 0 Å². The van der Waals surface area contributed by atoms with Gasteiger partial charge in [-0.05, 0) is 26.8 Å². The molecule has 2 aliphatic rings. The highest BCUT2D eigenvalue weighted by Crippen LogP contribution is 2.25. The number of likely N-dealkylation sites (N-methyl/N-ethyl adjacent to an activating group) is 1. The highest BCUT2D eigenvalue weighted by Gasteiger charge is 2.22. The van der Waals surface area contributed by atoms with Crippen LogP contribution in [0.15, 0.2) is 6.07 Å². The number of nitrogens with zero attached hydrogens (tertiary/aromatic N) is 4. The average Bonchev–Trinajstić information content (AvgIpc) is 3.13. The van der Waals surface area contributed by atoms with Crippen molar-refractivity contribution in [2.75, 3.05) is 43.4 Å². The molecule has 0 aromatic carbocycles. The maximum Gasteiger partial charge on any atom is 0.134 e. The summed E-state index contributed by atoms with van der Waals surface area (Å²) in [5, 5.41) is 3.46. The second-order valence-corrected chi connectivity index (χ2v) is 5.37. The Morgan fingerprint density at radius 1 is 1.17 bits per heavy atom. The number of hydrogen-bond acceptors (Lipinski definition) is 5. The Balaban J connectivity index is 1.75. The minimum absolute atomic E-state index is 0.639. The van der Waals surface area contributed by atoms with Crippen LogP contribution in [0.3, 0.4) is 0 Å². The summed E-state index contributed by atoms with van der Waals surface area (Å²) in [6, 6.07) is 2.73. The van der Waals surface area contributed by atoms with Crippen LogP contribution >= 0.6 is 0 Å². The Labute approximate surface area is 108 Å². The molecule has 1 aromatic heterocycles. The molecule has 0 radical (unpaired) electrons. The molecule has 1 aromatic rings. The van der Waals surface area contributed by atoms with Crippen LogP contribution in [0, 0.1) is 6.92 Å². The van der Waals surface area contributed by atoms with Gasteiger partial charge in [0.05, 0.1) is 0 Å². The van der Waals surface area contributed by atoms with E-state index in [1.807, 2.05) is 6.92 Å². The maximum atomic E-state index is 4.57. The number of aryl methyl sites for hydroxylation is 1. The van der Waals surface area contributed by atoms with E-state index in [1.165, 1.54) is 12.8 Å². The number of hydrogen-bond donors (Lipinski definition) is 1. The summed E-state index contributed by atoms with van der Waals surface area (Å²) in [7, 11) is 2.17. The van der Waals surface area contributed by atoms with E-state index in [0.717, 1.165) is 43.6 Å². The smallest absolute Gasteiger partial charge is 0.134 e.